The maximum atomic E-state index is 12.0. The van der Waals surface area contributed by atoms with Crippen LogP contribution in [0.2, 0.25) is 0 Å². The zero-order valence-electron chi connectivity index (χ0n) is 11.3. The SMILES string of the molecule is CCNC(=O)N[C@@H]1CC(=O)N(c2ccc(C)cc2)C1. The Morgan fingerprint density at radius 1 is 1.37 bits per heavy atom. The minimum Gasteiger partial charge on any atom is -0.338 e. The molecule has 102 valence electrons. The highest BCUT2D eigenvalue weighted by molar-refractivity contribution is 5.96. The van der Waals surface area contributed by atoms with Crippen LogP contribution in [-0.2, 0) is 4.79 Å². The van der Waals surface area contributed by atoms with Gasteiger partial charge in [-0.05, 0) is 26.0 Å². The second-order valence-electron chi connectivity index (χ2n) is 4.74. The lowest BCUT2D eigenvalue weighted by molar-refractivity contribution is -0.117. The summed E-state index contributed by atoms with van der Waals surface area (Å²) in [7, 11) is 0. The first-order valence-electron chi connectivity index (χ1n) is 6.51. The molecule has 0 spiro atoms. The Hall–Kier alpha value is -2.04. The first kappa shape index (κ1) is 13.4. The van der Waals surface area contributed by atoms with E-state index in [9.17, 15) is 9.59 Å². The van der Waals surface area contributed by atoms with Crippen LogP contribution < -0.4 is 15.5 Å². The predicted molar refractivity (Wildman–Crippen MR) is 74.1 cm³/mol. The van der Waals surface area contributed by atoms with E-state index >= 15 is 0 Å². The van der Waals surface area contributed by atoms with E-state index in [1.807, 2.05) is 38.1 Å². The largest absolute Gasteiger partial charge is 0.338 e. The van der Waals surface area contributed by atoms with Crippen LogP contribution in [0.1, 0.15) is 18.9 Å². The smallest absolute Gasteiger partial charge is 0.315 e. The zero-order valence-corrected chi connectivity index (χ0v) is 11.3. The summed E-state index contributed by atoms with van der Waals surface area (Å²) >= 11 is 0. The number of carbonyl (C=O) groups is 2. The van der Waals surface area contributed by atoms with Gasteiger partial charge >= 0.3 is 6.03 Å². The lowest BCUT2D eigenvalue weighted by atomic mass is 10.2. The van der Waals surface area contributed by atoms with Gasteiger partial charge in [-0.15, -0.1) is 0 Å². The molecule has 1 aromatic carbocycles. The molecule has 3 amide bonds. The van der Waals surface area contributed by atoms with E-state index in [4.69, 9.17) is 0 Å². The molecule has 0 aromatic heterocycles. The summed E-state index contributed by atoms with van der Waals surface area (Å²) in [5.74, 6) is 0.0469. The standard InChI is InChI=1S/C14H19N3O2/c1-3-15-14(19)16-11-8-13(18)17(9-11)12-6-4-10(2)5-7-12/h4-7,11H,3,8-9H2,1-2H3,(H2,15,16,19)/t11-/m1/s1. The molecule has 0 unspecified atom stereocenters. The van der Waals surface area contributed by atoms with Crippen molar-refractivity contribution in [2.75, 3.05) is 18.0 Å². The van der Waals surface area contributed by atoms with Crippen molar-refractivity contribution in [3.8, 4) is 0 Å². The quantitative estimate of drug-likeness (QED) is 0.864. The van der Waals surface area contributed by atoms with Crippen molar-refractivity contribution >= 4 is 17.6 Å². The van der Waals surface area contributed by atoms with Gasteiger partial charge in [-0.3, -0.25) is 4.79 Å². The number of urea groups is 1. The van der Waals surface area contributed by atoms with Crippen molar-refractivity contribution in [2.45, 2.75) is 26.3 Å². The molecule has 0 radical (unpaired) electrons. The number of benzene rings is 1. The van der Waals surface area contributed by atoms with E-state index in [1.165, 1.54) is 0 Å². The molecule has 1 heterocycles. The molecule has 19 heavy (non-hydrogen) atoms. The predicted octanol–water partition coefficient (Wildman–Crippen LogP) is 1.42. The molecule has 2 N–H and O–H groups in total. The number of nitrogens with zero attached hydrogens (tertiary/aromatic N) is 1. The molecule has 0 saturated carbocycles. The highest BCUT2D eigenvalue weighted by Gasteiger charge is 2.31. The van der Waals surface area contributed by atoms with Gasteiger partial charge in [-0.1, -0.05) is 17.7 Å². The lowest BCUT2D eigenvalue weighted by Crippen LogP contribution is -2.43. The molecule has 1 aliphatic rings. The fraction of sp³-hybridized carbons (Fsp3) is 0.429. The Morgan fingerprint density at radius 2 is 2.05 bits per heavy atom. The van der Waals surface area contributed by atoms with Crippen molar-refractivity contribution in [3.63, 3.8) is 0 Å². The van der Waals surface area contributed by atoms with Crippen LogP contribution in [0.4, 0.5) is 10.5 Å². The van der Waals surface area contributed by atoms with Crippen LogP contribution in [-0.4, -0.2) is 31.1 Å². The molecule has 5 nitrogen and oxygen atoms in total. The first-order valence-corrected chi connectivity index (χ1v) is 6.51. The fourth-order valence-corrected chi connectivity index (χ4v) is 2.18. The first-order chi connectivity index (χ1) is 9.10. The van der Waals surface area contributed by atoms with Crippen LogP contribution in [0.25, 0.3) is 0 Å². The van der Waals surface area contributed by atoms with Gasteiger partial charge in [0.05, 0.1) is 6.04 Å². The molecule has 1 saturated heterocycles. The molecule has 1 aliphatic heterocycles. The Bertz CT molecular complexity index is 470. The van der Waals surface area contributed by atoms with Gasteiger partial charge < -0.3 is 15.5 Å². The fourth-order valence-electron chi connectivity index (χ4n) is 2.18. The van der Waals surface area contributed by atoms with Crippen molar-refractivity contribution < 1.29 is 9.59 Å². The van der Waals surface area contributed by atoms with E-state index in [-0.39, 0.29) is 18.0 Å². The maximum absolute atomic E-state index is 12.0. The average Bonchev–Trinajstić information content (AvgIpc) is 2.71. The molecule has 2 rings (SSSR count). The monoisotopic (exact) mass is 261 g/mol. The third-order valence-corrected chi connectivity index (χ3v) is 3.14. The second kappa shape index (κ2) is 5.73. The Labute approximate surface area is 113 Å². The summed E-state index contributed by atoms with van der Waals surface area (Å²) in [6.07, 6.45) is 0.352. The highest BCUT2D eigenvalue weighted by atomic mass is 16.2. The molecular formula is C14H19N3O2. The van der Waals surface area contributed by atoms with E-state index in [0.29, 0.717) is 19.5 Å². The summed E-state index contributed by atoms with van der Waals surface area (Å²) in [4.78, 5) is 25.1. The number of anilines is 1. The second-order valence-corrected chi connectivity index (χ2v) is 4.74. The minimum absolute atomic E-state index is 0.0469. The van der Waals surface area contributed by atoms with Crippen LogP contribution in [0.15, 0.2) is 24.3 Å². The maximum Gasteiger partial charge on any atom is 0.315 e. The minimum atomic E-state index is -0.217. The van der Waals surface area contributed by atoms with Crippen molar-refractivity contribution in [2.24, 2.45) is 0 Å². The van der Waals surface area contributed by atoms with E-state index in [2.05, 4.69) is 10.6 Å². The van der Waals surface area contributed by atoms with Crippen molar-refractivity contribution in [3.05, 3.63) is 29.8 Å². The van der Waals surface area contributed by atoms with Crippen LogP contribution in [0, 0.1) is 6.92 Å². The number of rotatable bonds is 3. The summed E-state index contributed by atoms with van der Waals surface area (Å²) in [6.45, 7) is 4.97. The van der Waals surface area contributed by atoms with Crippen molar-refractivity contribution in [1.82, 2.24) is 10.6 Å². The van der Waals surface area contributed by atoms with Crippen LogP contribution >= 0.6 is 0 Å². The Morgan fingerprint density at radius 3 is 2.68 bits per heavy atom. The number of amides is 3. The topological polar surface area (TPSA) is 61.4 Å². The van der Waals surface area contributed by atoms with Gasteiger partial charge in [-0.2, -0.15) is 0 Å². The van der Waals surface area contributed by atoms with Crippen LogP contribution in [0.3, 0.4) is 0 Å². The van der Waals surface area contributed by atoms with Crippen LogP contribution in [0.5, 0.6) is 0 Å². The van der Waals surface area contributed by atoms with Gasteiger partial charge in [0.25, 0.3) is 0 Å². The molecule has 1 fully saturated rings. The normalized spacial score (nSPS) is 18.5. The van der Waals surface area contributed by atoms with Crippen molar-refractivity contribution in [1.29, 1.82) is 0 Å². The van der Waals surface area contributed by atoms with Gasteiger partial charge in [0.1, 0.15) is 0 Å². The van der Waals surface area contributed by atoms with E-state index < -0.39 is 0 Å². The summed E-state index contributed by atoms with van der Waals surface area (Å²) in [5, 5.41) is 5.48. The molecule has 1 aromatic rings. The Balaban J connectivity index is 1.99. The molecular weight excluding hydrogens is 242 g/mol. The summed E-state index contributed by atoms with van der Waals surface area (Å²) in [5.41, 5.74) is 2.04. The van der Waals surface area contributed by atoms with Gasteiger partial charge in [0.15, 0.2) is 0 Å². The van der Waals surface area contributed by atoms with Gasteiger partial charge in [0, 0.05) is 25.2 Å². The average molecular weight is 261 g/mol. The molecule has 0 aliphatic carbocycles. The number of aryl methyl sites for hydroxylation is 1. The third-order valence-electron chi connectivity index (χ3n) is 3.14. The molecule has 5 heteroatoms. The summed E-state index contributed by atoms with van der Waals surface area (Å²) in [6, 6.07) is 7.48. The number of hydrogen-bond donors (Lipinski definition) is 2. The molecule has 0 bridgehead atoms. The van der Waals surface area contributed by atoms with Gasteiger partial charge in [-0.25, -0.2) is 4.79 Å². The Kier molecular flexibility index (Phi) is 4.04. The number of hydrogen-bond acceptors (Lipinski definition) is 2. The summed E-state index contributed by atoms with van der Waals surface area (Å²) < 4.78 is 0. The van der Waals surface area contributed by atoms with Gasteiger partial charge in [0.2, 0.25) is 5.91 Å². The third kappa shape index (κ3) is 3.24. The highest BCUT2D eigenvalue weighted by Crippen LogP contribution is 2.21. The number of carbonyl (C=O) groups excluding carboxylic acids is 2. The zero-order chi connectivity index (χ0) is 13.8. The lowest BCUT2D eigenvalue weighted by Gasteiger charge is -2.17. The van der Waals surface area contributed by atoms with E-state index in [0.717, 1.165) is 11.3 Å². The van der Waals surface area contributed by atoms with E-state index in [1.54, 1.807) is 4.90 Å². The molecule has 1 atom stereocenters. The number of nitrogens with one attached hydrogen (secondary N) is 2.